The predicted octanol–water partition coefficient (Wildman–Crippen LogP) is -3.30. The molecule has 0 aromatic carbocycles. The third-order valence-electron chi connectivity index (χ3n) is 0. The average Bonchev–Trinajstić information content (AvgIpc) is 0. The van der Waals surface area contributed by atoms with Gasteiger partial charge in [0.2, 0.25) is 0 Å². The monoisotopic (exact) mass is 117 g/mol. The summed E-state index contributed by atoms with van der Waals surface area (Å²) in [5, 5.41) is 0. The summed E-state index contributed by atoms with van der Waals surface area (Å²) in [6, 6.07) is 0. The molecule has 0 rings (SSSR count). The maximum atomic E-state index is 0. The summed E-state index contributed by atoms with van der Waals surface area (Å²) in [5.41, 5.74) is 0. The Morgan fingerprint density at radius 1 is 0.400 bits per heavy atom. The molecule has 8 N–H and O–H groups in total. The van der Waals surface area contributed by atoms with Gasteiger partial charge in [-0.15, -0.1) is 0 Å². The van der Waals surface area contributed by atoms with Crippen molar-refractivity contribution in [2.75, 3.05) is 0 Å². The molecule has 5 heavy (non-hydrogen) atoms. The van der Waals surface area contributed by atoms with Crippen LogP contribution in [0.3, 0.4) is 0 Å². The predicted molar refractivity (Wildman–Crippen MR) is 14.5 cm³/mol. The van der Waals surface area contributed by atoms with E-state index in [-0.39, 0.29) is 47.7 Å². The molecule has 0 saturated carbocycles. The van der Waals surface area contributed by atoms with Gasteiger partial charge in [-0.05, 0) is 0 Å². The van der Waals surface area contributed by atoms with Gasteiger partial charge in [0.25, 0.3) is 0 Å². The normalized spacial score (nSPS) is 0. The van der Waals surface area contributed by atoms with Crippen molar-refractivity contribution in [3.63, 3.8) is 0 Å². The molecule has 0 aliphatic heterocycles. The van der Waals surface area contributed by atoms with Crippen LogP contribution in [0, 0.1) is 0 Å². The Kier molecular flexibility index (Phi) is 6460. The molecule has 0 amide bonds. The second-order valence-electron chi connectivity index (χ2n) is 0. The second-order valence-corrected chi connectivity index (χ2v) is 0. The minimum Gasteiger partial charge on any atom is -0.412 e. The van der Waals surface area contributed by atoms with Crippen LogP contribution in [0.2, 0.25) is 0 Å². The average molecular weight is 117 g/mol. The Morgan fingerprint density at radius 2 is 0.400 bits per heavy atom. The number of rotatable bonds is 0. The first-order valence-corrected chi connectivity index (χ1v) is 0. The summed E-state index contributed by atoms with van der Waals surface area (Å²) >= 11 is 0. The van der Waals surface area contributed by atoms with Crippen LogP contribution in [0.4, 0.5) is 0 Å². The van der Waals surface area contributed by atoms with Crippen molar-refractivity contribution in [2.45, 2.75) is 0 Å². The molecule has 0 spiro atoms. The molecular formula is H8O4Sc. The van der Waals surface area contributed by atoms with Crippen molar-refractivity contribution in [3.05, 3.63) is 0 Å². The van der Waals surface area contributed by atoms with Crippen molar-refractivity contribution in [1.82, 2.24) is 0 Å². The molecule has 0 aliphatic rings. The van der Waals surface area contributed by atoms with Gasteiger partial charge < -0.3 is 21.9 Å². The summed E-state index contributed by atoms with van der Waals surface area (Å²) < 4.78 is 0. The smallest absolute Gasteiger partial charge is 0 e. The summed E-state index contributed by atoms with van der Waals surface area (Å²) in [6.45, 7) is 0. The van der Waals surface area contributed by atoms with Crippen molar-refractivity contribution in [1.29, 1.82) is 0 Å². The molecule has 35 valence electrons. The summed E-state index contributed by atoms with van der Waals surface area (Å²) in [6.07, 6.45) is 0. The third-order valence-corrected chi connectivity index (χ3v) is 0. The Labute approximate surface area is 48.2 Å². The van der Waals surface area contributed by atoms with Gasteiger partial charge in [0.05, 0.1) is 0 Å². The van der Waals surface area contributed by atoms with E-state index in [1.54, 1.807) is 0 Å². The molecule has 0 unspecified atom stereocenters. The van der Waals surface area contributed by atoms with Gasteiger partial charge in [-0.3, -0.25) is 0 Å². The van der Waals surface area contributed by atoms with E-state index in [1.165, 1.54) is 0 Å². The first-order valence-electron chi connectivity index (χ1n) is 0. The van der Waals surface area contributed by atoms with Gasteiger partial charge in [-0.2, -0.15) is 0 Å². The Morgan fingerprint density at radius 3 is 0.400 bits per heavy atom. The minimum atomic E-state index is 0. The molecule has 5 heteroatoms. The minimum absolute atomic E-state index is 0. The van der Waals surface area contributed by atoms with Gasteiger partial charge >= 0.3 is 0 Å². The fourth-order valence-corrected chi connectivity index (χ4v) is 0. The van der Waals surface area contributed by atoms with Crippen LogP contribution < -0.4 is 0 Å². The van der Waals surface area contributed by atoms with Crippen LogP contribution in [0.25, 0.3) is 0 Å². The zero-order chi connectivity index (χ0) is 0. The fourth-order valence-electron chi connectivity index (χ4n) is 0. The number of hydrogen-bond acceptors (Lipinski definition) is 0. The van der Waals surface area contributed by atoms with Crippen LogP contribution in [-0.2, 0) is 25.8 Å². The Hall–Kier alpha value is 0.710. The molecule has 1 radical (unpaired) electrons. The van der Waals surface area contributed by atoms with E-state index in [0.29, 0.717) is 0 Å². The van der Waals surface area contributed by atoms with E-state index in [1.807, 2.05) is 0 Å². The second kappa shape index (κ2) is 129. The van der Waals surface area contributed by atoms with Crippen LogP contribution >= 0.6 is 0 Å². The van der Waals surface area contributed by atoms with E-state index in [2.05, 4.69) is 0 Å². The topological polar surface area (TPSA) is 126 Å². The molecule has 0 fully saturated rings. The van der Waals surface area contributed by atoms with E-state index in [0.717, 1.165) is 0 Å². The molecule has 0 atom stereocenters. The standard InChI is InChI=1S/4H2O.Sc/h4*1H2;. The van der Waals surface area contributed by atoms with E-state index in [9.17, 15) is 0 Å². The molecular weight excluding hydrogens is 109 g/mol. The molecule has 0 aliphatic carbocycles. The SMILES string of the molecule is O.O.O.O.[Sc]. The molecule has 4 nitrogen and oxygen atoms in total. The van der Waals surface area contributed by atoms with Crippen molar-refractivity contribution in [2.24, 2.45) is 0 Å². The van der Waals surface area contributed by atoms with E-state index < -0.39 is 0 Å². The molecule has 0 heterocycles. The van der Waals surface area contributed by atoms with Gasteiger partial charge in [-0.1, -0.05) is 0 Å². The Balaban J connectivity index is 0. The van der Waals surface area contributed by atoms with Gasteiger partial charge in [0.15, 0.2) is 0 Å². The zero-order valence-electron chi connectivity index (χ0n) is 2.58. The summed E-state index contributed by atoms with van der Waals surface area (Å²) in [4.78, 5) is 0. The Bertz CT molecular complexity index is 3.61. The summed E-state index contributed by atoms with van der Waals surface area (Å²) in [5.74, 6) is 0. The fraction of sp³-hybridized carbons (Fsp3) is 0. The van der Waals surface area contributed by atoms with Gasteiger partial charge in [0.1, 0.15) is 0 Å². The van der Waals surface area contributed by atoms with Crippen LogP contribution in [0.15, 0.2) is 0 Å². The summed E-state index contributed by atoms with van der Waals surface area (Å²) in [7, 11) is 0. The van der Waals surface area contributed by atoms with Crippen LogP contribution in [-0.4, -0.2) is 21.9 Å². The van der Waals surface area contributed by atoms with Crippen molar-refractivity contribution in [3.8, 4) is 0 Å². The van der Waals surface area contributed by atoms with Crippen LogP contribution in [0.5, 0.6) is 0 Å². The molecule has 0 bridgehead atoms. The largest absolute Gasteiger partial charge is 0.412 e. The van der Waals surface area contributed by atoms with E-state index in [4.69, 9.17) is 0 Å². The molecule has 0 aromatic rings. The van der Waals surface area contributed by atoms with Crippen LogP contribution in [0.1, 0.15) is 0 Å². The third kappa shape index (κ3) is 68.6. The molecule has 0 aromatic heterocycles. The quantitative estimate of drug-likeness (QED) is 0.315. The van der Waals surface area contributed by atoms with Crippen molar-refractivity contribution >= 4 is 0 Å². The molecule has 0 saturated heterocycles. The number of hydrogen-bond donors (Lipinski definition) is 0. The van der Waals surface area contributed by atoms with Gasteiger partial charge in [-0.25, -0.2) is 0 Å². The first kappa shape index (κ1) is 251. The van der Waals surface area contributed by atoms with Crippen molar-refractivity contribution < 1.29 is 47.7 Å². The van der Waals surface area contributed by atoms with E-state index >= 15 is 0 Å². The zero-order valence-corrected chi connectivity index (χ0v) is 4.38. The maximum Gasteiger partial charge on any atom is 0 e. The maximum absolute atomic E-state index is 0. The first-order chi connectivity index (χ1) is 0. The van der Waals surface area contributed by atoms with Gasteiger partial charge in [0, 0.05) is 25.8 Å².